The minimum Gasteiger partial charge on any atom is -0.377 e. The number of aldehydes is 1. The van der Waals surface area contributed by atoms with Crippen LogP contribution in [0.5, 0.6) is 0 Å². The van der Waals surface area contributed by atoms with Crippen molar-refractivity contribution in [3.8, 4) is 0 Å². The number of nitrogens with zero attached hydrogens (tertiary/aromatic N) is 1. The molecule has 0 aromatic heterocycles. The van der Waals surface area contributed by atoms with Gasteiger partial charge in [0.2, 0.25) is 0 Å². The van der Waals surface area contributed by atoms with Crippen molar-refractivity contribution >= 4 is 16.4 Å². The lowest BCUT2D eigenvalue weighted by Crippen LogP contribution is -2.35. The van der Waals surface area contributed by atoms with Gasteiger partial charge in [0.25, 0.3) is 10.1 Å². The predicted molar refractivity (Wildman–Crippen MR) is 63.3 cm³/mol. The van der Waals surface area contributed by atoms with Crippen LogP contribution in [0.4, 0.5) is 0 Å². The summed E-state index contributed by atoms with van der Waals surface area (Å²) < 4.78 is 31.3. The number of methoxy groups -OCH3 is 1. The molecule has 0 spiro atoms. The SMILES string of the molecule is COC(CON1CCC[C@H]1C=O)COS(C)(=O)=O. The van der Waals surface area contributed by atoms with Crippen LogP contribution in [0.25, 0.3) is 0 Å². The van der Waals surface area contributed by atoms with Gasteiger partial charge in [-0.1, -0.05) is 0 Å². The summed E-state index contributed by atoms with van der Waals surface area (Å²) in [5.74, 6) is 0. The molecule has 106 valence electrons. The van der Waals surface area contributed by atoms with Crippen LogP contribution in [-0.4, -0.2) is 65.0 Å². The second-order valence-corrected chi connectivity index (χ2v) is 5.77. The van der Waals surface area contributed by atoms with Crippen molar-refractivity contribution in [2.45, 2.75) is 25.0 Å². The molecule has 1 fully saturated rings. The first-order valence-electron chi connectivity index (χ1n) is 5.68. The maximum absolute atomic E-state index is 10.8. The minimum atomic E-state index is -3.49. The van der Waals surface area contributed by atoms with Crippen molar-refractivity contribution < 1.29 is 27.0 Å². The van der Waals surface area contributed by atoms with Crippen molar-refractivity contribution in [1.82, 2.24) is 5.06 Å². The molecule has 1 saturated heterocycles. The Morgan fingerprint density at radius 3 is 2.72 bits per heavy atom. The summed E-state index contributed by atoms with van der Waals surface area (Å²) in [6.07, 6.45) is 3.01. The van der Waals surface area contributed by atoms with Gasteiger partial charge >= 0.3 is 0 Å². The van der Waals surface area contributed by atoms with Gasteiger partial charge in [0.1, 0.15) is 12.4 Å². The van der Waals surface area contributed by atoms with Crippen molar-refractivity contribution in [1.29, 1.82) is 0 Å². The van der Waals surface area contributed by atoms with E-state index in [1.807, 2.05) is 0 Å². The summed E-state index contributed by atoms with van der Waals surface area (Å²) in [7, 11) is -2.04. The van der Waals surface area contributed by atoms with Crippen LogP contribution in [0.2, 0.25) is 0 Å². The molecular formula is C10H19NO6S. The number of ether oxygens (including phenoxy) is 1. The van der Waals surface area contributed by atoms with Gasteiger partial charge in [-0.25, -0.2) is 0 Å². The molecule has 7 nitrogen and oxygen atoms in total. The van der Waals surface area contributed by atoms with Gasteiger partial charge in [-0.15, -0.1) is 0 Å². The van der Waals surface area contributed by atoms with Crippen LogP contribution >= 0.6 is 0 Å². The lowest BCUT2D eigenvalue weighted by atomic mass is 10.2. The lowest BCUT2D eigenvalue weighted by Gasteiger charge is -2.22. The van der Waals surface area contributed by atoms with E-state index in [4.69, 9.17) is 9.57 Å². The van der Waals surface area contributed by atoms with Crippen LogP contribution in [0, 0.1) is 0 Å². The zero-order valence-corrected chi connectivity index (χ0v) is 11.4. The maximum Gasteiger partial charge on any atom is 0.264 e. The van der Waals surface area contributed by atoms with E-state index in [1.165, 1.54) is 7.11 Å². The Labute approximate surface area is 107 Å². The first-order valence-corrected chi connectivity index (χ1v) is 7.50. The Morgan fingerprint density at radius 1 is 1.44 bits per heavy atom. The third kappa shape index (κ3) is 5.40. The Bertz CT molecular complexity index is 357. The zero-order chi connectivity index (χ0) is 13.6. The van der Waals surface area contributed by atoms with Gasteiger partial charge in [0.15, 0.2) is 0 Å². The highest BCUT2D eigenvalue weighted by atomic mass is 32.2. The van der Waals surface area contributed by atoms with Gasteiger partial charge in [0.05, 0.1) is 25.5 Å². The van der Waals surface area contributed by atoms with Gasteiger partial charge in [-0.3, -0.25) is 9.02 Å². The molecule has 0 N–H and O–H groups in total. The summed E-state index contributed by atoms with van der Waals surface area (Å²) in [4.78, 5) is 16.2. The van der Waals surface area contributed by atoms with Gasteiger partial charge in [0, 0.05) is 13.7 Å². The Morgan fingerprint density at radius 2 is 2.17 bits per heavy atom. The van der Waals surface area contributed by atoms with E-state index in [2.05, 4.69) is 4.18 Å². The number of rotatable bonds is 8. The largest absolute Gasteiger partial charge is 0.377 e. The quantitative estimate of drug-likeness (QED) is 0.441. The number of hydrogen-bond donors (Lipinski definition) is 0. The van der Waals surface area contributed by atoms with Crippen LogP contribution < -0.4 is 0 Å². The fraction of sp³-hybridized carbons (Fsp3) is 0.900. The molecule has 0 aromatic carbocycles. The third-order valence-corrected chi connectivity index (χ3v) is 3.20. The van der Waals surface area contributed by atoms with E-state index in [1.54, 1.807) is 5.06 Å². The molecule has 0 saturated carbocycles. The first kappa shape index (κ1) is 15.5. The highest BCUT2D eigenvalue weighted by Crippen LogP contribution is 2.15. The normalized spacial score (nSPS) is 23.1. The average molecular weight is 281 g/mol. The summed E-state index contributed by atoms with van der Waals surface area (Å²) in [5, 5.41) is 1.60. The molecule has 8 heteroatoms. The van der Waals surface area contributed by atoms with E-state index >= 15 is 0 Å². The molecule has 0 aromatic rings. The maximum atomic E-state index is 10.8. The number of hydroxylamine groups is 2. The van der Waals surface area contributed by atoms with Crippen LogP contribution in [0.1, 0.15) is 12.8 Å². The molecule has 2 atom stereocenters. The smallest absolute Gasteiger partial charge is 0.264 e. The molecule has 0 radical (unpaired) electrons. The molecule has 0 amide bonds. The van der Waals surface area contributed by atoms with Crippen LogP contribution in [0.3, 0.4) is 0 Å². The standard InChI is InChI=1S/C10H19NO6S/c1-15-10(8-17-18(2,13)14)7-16-11-5-3-4-9(11)6-12/h6,9-10H,3-5,7-8H2,1-2H3/t9-,10?/m0/s1. The fourth-order valence-electron chi connectivity index (χ4n) is 1.62. The van der Waals surface area contributed by atoms with Gasteiger partial charge in [-0.05, 0) is 12.8 Å². The Balaban J connectivity index is 2.32. The minimum absolute atomic E-state index is 0.102. The van der Waals surface area contributed by atoms with Gasteiger partial charge < -0.3 is 9.53 Å². The first-order chi connectivity index (χ1) is 8.46. The van der Waals surface area contributed by atoms with Crippen molar-refractivity contribution in [3.05, 3.63) is 0 Å². The van der Waals surface area contributed by atoms with Crippen molar-refractivity contribution in [2.75, 3.05) is 33.1 Å². The summed E-state index contributed by atoms with van der Waals surface area (Å²) in [6, 6.07) is -0.224. The fourth-order valence-corrected chi connectivity index (χ4v) is 2.02. The van der Waals surface area contributed by atoms with E-state index in [0.29, 0.717) is 6.54 Å². The highest BCUT2D eigenvalue weighted by molar-refractivity contribution is 7.85. The molecule has 1 rings (SSSR count). The van der Waals surface area contributed by atoms with Gasteiger partial charge in [-0.2, -0.15) is 13.5 Å². The van der Waals surface area contributed by atoms with E-state index in [0.717, 1.165) is 25.4 Å². The molecule has 1 aliphatic rings. The van der Waals surface area contributed by atoms with Crippen molar-refractivity contribution in [2.24, 2.45) is 0 Å². The molecule has 1 unspecified atom stereocenters. The molecule has 0 aliphatic carbocycles. The second-order valence-electron chi connectivity index (χ2n) is 4.13. The molecule has 0 bridgehead atoms. The summed E-state index contributed by atoms with van der Waals surface area (Å²) >= 11 is 0. The topological polar surface area (TPSA) is 82.1 Å². The summed E-state index contributed by atoms with van der Waals surface area (Å²) in [5.41, 5.74) is 0. The van der Waals surface area contributed by atoms with Crippen molar-refractivity contribution in [3.63, 3.8) is 0 Å². The van der Waals surface area contributed by atoms with E-state index < -0.39 is 16.2 Å². The lowest BCUT2D eigenvalue weighted by molar-refractivity contribution is -0.190. The molecule has 1 aliphatic heterocycles. The highest BCUT2D eigenvalue weighted by Gasteiger charge is 2.25. The second kappa shape index (κ2) is 7.15. The van der Waals surface area contributed by atoms with Crippen LogP contribution in [-0.2, 0) is 28.7 Å². The number of hydrogen-bond acceptors (Lipinski definition) is 7. The number of carbonyl (C=O) groups is 1. The Kier molecular flexibility index (Phi) is 6.16. The zero-order valence-electron chi connectivity index (χ0n) is 10.6. The predicted octanol–water partition coefficient (Wildman–Crippen LogP) is -0.427. The van der Waals surface area contributed by atoms with E-state index in [-0.39, 0.29) is 19.3 Å². The van der Waals surface area contributed by atoms with E-state index in [9.17, 15) is 13.2 Å². The molecule has 18 heavy (non-hydrogen) atoms. The molecule has 1 heterocycles. The molecular weight excluding hydrogens is 262 g/mol. The monoisotopic (exact) mass is 281 g/mol. The summed E-state index contributed by atoms with van der Waals surface area (Å²) in [6.45, 7) is 0.734. The Hall–Kier alpha value is -0.540. The third-order valence-electron chi connectivity index (χ3n) is 2.63. The average Bonchev–Trinajstić information content (AvgIpc) is 2.75. The van der Waals surface area contributed by atoms with Crippen LogP contribution in [0.15, 0.2) is 0 Å². The number of carbonyl (C=O) groups excluding carboxylic acids is 1.